The first-order valence-corrected chi connectivity index (χ1v) is 11.9. The van der Waals surface area contributed by atoms with Gasteiger partial charge in [0, 0.05) is 42.5 Å². The molecule has 166 valence electrons. The Hall–Kier alpha value is -2.81. The third-order valence-electron chi connectivity index (χ3n) is 5.40. The second-order valence-electron chi connectivity index (χ2n) is 7.58. The minimum absolute atomic E-state index is 0.0945. The number of hydrogen-bond donors (Lipinski definition) is 1. The summed E-state index contributed by atoms with van der Waals surface area (Å²) in [4.78, 5) is 17.3. The highest BCUT2D eigenvalue weighted by atomic mass is 35.5. The molecule has 0 amide bonds. The third kappa shape index (κ3) is 3.90. The van der Waals surface area contributed by atoms with Gasteiger partial charge in [0.15, 0.2) is 0 Å². The summed E-state index contributed by atoms with van der Waals surface area (Å²) >= 11 is 6.36. The van der Waals surface area contributed by atoms with Crippen LogP contribution in [-0.2, 0) is 17.1 Å². The predicted molar refractivity (Wildman–Crippen MR) is 123 cm³/mol. The number of pyridine rings is 1. The average molecular weight is 474 g/mol. The van der Waals surface area contributed by atoms with Crippen molar-refractivity contribution in [3.05, 3.63) is 86.5 Å². The molecule has 0 unspecified atom stereocenters. The van der Waals surface area contributed by atoms with Gasteiger partial charge in [-0.05, 0) is 48.4 Å². The molecular weight excluding hydrogens is 453 g/mol. The lowest BCUT2D eigenvalue weighted by molar-refractivity contribution is 0.584. The molecule has 1 aliphatic heterocycles. The zero-order chi connectivity index (χ0) is 23.2. The van der Waals surface area contributed by atoms with Gasteiger partial charge in [-0.2, -0.15) is 0 Å². The first-order chi connectivity index (χ1) is 15.1. The van der Waals surface area contributed by atoms with Crippen LogP contribution in [0.5, 0.6) is 0 Å². The minimum Gasteiger partial charge on any atom is -0.318 e. The van der Waals surface area contributed by atoms with Gasteiger partial charge in [-0.1, -0.05) is 24.6 Å². The number of aromatic nitrogens is 1. The number of hydrogen-bond acceptors (Lipinski definition) is 4. The topological polar surface area (TPSA) is 80.5 Å². The SMILES string of the molecule is CCNS(=O)(=O)c1ccc2c(c1)-c1cn(C)c(=O)cc1[C@H](C)N=C2c1ccc(F)cc1Cl. The van der Waals surface area contributed by atoms with Crippen LogP contribution < -0.4 is 10.3 Å². The summed E-state index contributed by atoms with van der Waals surface area (Å²) < 4.78 is 43.0. The van der Waals surface area contributed by atoms with E-state index in [9.17, 15) is 17.6 Å². The van der Waals surface area contributed by atoms with Gasteiger partial charge in [0.2, 0.25) is 10.0 Å². The highest BCUT2D eigenvalue weighted by molar-refractivity contribution is 7.89. The normalized spacial score (nSPS) is 15.5. The Morgan fingerprint density at radius 3 is 2.50 bits per heavy atom. The van der Waals surface area contributed by atoms with Crippen molar-refractivity contribution >= 4 is 27.3 Å². The van der Waals surface area contributed by atoms with E-state index < -0.39 is 21.9 Å². The number of sulfonamides is 1. The maximum atomic E-state index is 13.7. The zero-order valence-corrected chi connectivity index (χ0v) is 19.3. The summed E-state index contributed by atoms with van der Waals surface area (Å²) in [6.45, 7) is 3.80. The lowest BCUT2D eigenvalue weighted by Gasteiger charge is -2.15. The van der Waals surface area contributed by atoms with Crippen molar-refractivity contribution in [3.63, 3.8) is 0 Å². The first kappa shape index (κ1) is 22.4. The van der Waals surface area contributed by atoms with E-state index in [2.05, 4.69) is 4.72 Å². The van der Waals surface area contributed by atoms with Gasteiger partial charge >= 0.3 is 0 Å². The van der Waals surface area contributed by atoms with Crippen LogP contribution in [0.4, 0.5) is 4.39 Å². The smallest absolute Gasteiger partial charge is 0.250 e. The lowest BCUT2D eigenvalue weighted by atomic mass is 9.92. The van der Waals surface area contributed by atoms with Gasteiger partial charge < -0.3 is 4.57 Å². The molecular formula is C23H21ClFN3O3S. The third-order valence-corrected chi connectivity index (χ3v) is 7.26. The number of nitrogens with zero attached hydrogens (tertiary/aromatic N) is 2. The monoisotopic (exact) mass is 473 g/mol. The number of rotatable bonds is 4. The predicted octanol–water partition coefficient (Wildman–Crippen LogP) is 4.06. The quantitative estimate of drug-likeness (QED) is 0.620. The summed E-state index contributed by atoms with van der Waals surface area (Å²) in [7, 11) is -2.09. The first-order valence-electron chi connectivity index (χ1n) is 10.0. The number of aliphatic imine (C=N–C) groups is 1. The number of aryl methyl sites for hydroxylation is 1. The van der Waals surface area contributed by atoms with E-state index in [4.69, 9.17) is 16.6 Å². The molecule has 0 spiro atoms. The van der Waals surface area contributed by atoms with E-state index in [1.54, 1.807) is 38.4 Å². The van der Waals surface area contributed by atoms with Crippen LogP contribution in [0.15, 0.2) is 63.3 Å². The van der Waals surface area contributed by atoms with Crippen LogP contribution in [0, 0.1) is 5.82 Å². The van der Waals surface area contributed by atoms with Crippen LogP contribution >= 0.6 is 11.6 Å². The van der Waals surface area contributed by atoms with Crippen molar-refractivity contribution in [1.82, 2.24) is 9.29 Å². The fourth-order valence-corrected chi connectivity index (χ4v) is 5.16. The molecule has 0 fully saturated rings. The van der Waals surface area contributed by atoms with Crippen molar-refractivity contribution in [2.75, 3.05) is 6.54 Å². The largest absolute Gasteiger partial charge is 0.318 e. The molecule has 0 radical (unpaired) electrons. The fraction of sp³-hybridized carbons (Fsp3) is 0.217. The van der Waals surface area contributed by atoms with Crippen molar-refractivity contribution in [2.24, 2.45) is 12.0 Å². The second-order valence-corrected chi connectivity index (χ2v) is 9.75. The van der Waals surface area contributed by atoms with Gasteiger partial charge in [0.05, 0.1) is 21.7 Å². The molecule has 1 atom stereocenters. The summed E-state index contributed by atoms with van der Waals surface area (Å²) in [5.74, 6) is -0.473. The Bertz CT molecular complexity index is 1430. The number of fused-ring (bicyclic) bond motifs is 3. The van der Waals surface area contributed by atoms with Crippen molar-refractivity contribution in [2.45, 2.75) is 24.8 Å². The zero-order valence-electron chi connectivity index (χ0n) is 17.7. The molecule has 32 heavy (non-hydrogen) atoms. The van der Waals surface area contributed by atoms with E-state index >= 15 is 0 Å². The summed E-state index contributed by atoms with van der Waals surface area (Å²) in [6, 6.07) is 9.89. The average Bonchev–Trinajstić information content (AvgIpc) is 2.84. The Kier molecular flexibility index (Phi) is 5.79. The number of halogens is 2. The van der Waals surface area contributed by atoms with Gasteiger partial charge in [-0.3, -0.25) is 9.79 Å². The van der Waals surface area contributed by atoms with Crippen LogP contribution in [0.3, 0.4) is 0 Å². The van der Waals surface area contributed by atoms with Gasteiger partial charge in [0.1, 0.15) is 5.82 Å². The van der Waals surface area contributed by atoms with E-state index in [-0.39, 0.29) is 22.0 Å². The Labute approximate surface area is 190 Å². The Morgan fingerprint density at radius 1 is 1.09 bits per heavy atom. The molecule has 4 rings (SSSR count). The van der Waals surface area contributed by atoms with Gasteiger partial charge in [-0.25, -0.2) is 17.5 Å². The van der Waals surface area contributed by atoms with E-state index in [1.165, 1.54) is 28.8 Å². The van der Waals surface area contributed by atoms with Crippen molar-refractivity contribution < 1.29 is 12.8 Å². The molecule has 2 aromatic carbocycles. The molecule has 1 aliphatic rings. The fourth-order valence-electron chi connectivity index (χ4n) is 3.84. The summed E-state index contributed by atoms with van der Waals surface area (Å²) in [5.41, 5.74) is 3.41. The molecule has 0 bridgehead atoms. The summed E-state index contributed by atoms with van der Waals surface area (Å²) in [5, 5.41) is 0.187. The standard InChI is InChI=1S/C23H21ClFN3O3S/c1-4-26-32(30,31)15-6-8-16-19(10-15)20-12-28(3)22(29)11-18(20)13(2)27-23(16)17-7-5-14(25)9-21(17)24/h5-13,26H,4H2,1-3H3/t13-/m0/s1. The second kappa shape index (κ2) is 8.27. The van der Waals surface area contributed by atoms with E-state index in [1.807, 2.05) is 6.92 Å². The number of benzene rings is 2. The molecule has 9 heteroatoms. The molecule has 2 heterocycles. The molecule has 0 saturated heterocycles. The molecule has 3 aromatic rings. The van der Waals surface area contributed by atoms with Crippen molar-refractivity contribution in [3.8, 4) is 11.1 Å². The molecule has 6 nitrogen and oxygen atoms in total. The van der Waals surface area contributed by atoms with Gasteiger partial charge in [0.25, 0.3) is 5.56 Å². The van der Waals surface area contributed by atoms with Gasteiger partial charge in [-0.15, -0.1) is 0 Å². The van der Waals surface area contributed by atoms with Crippen LogP contribution in [-0.4, -0.2) is 25.2 Å². The summed E-state index contributed by atoms with van der Waals surface area (Å²) in [6.07, 6.45) is 1.68. The molecule has 1 N–H and O–H groups in total. The molecule has 1 aromatic heterocycles. The molecule has 0 aliphatic carbocycles. The van der Waals surface area contributed by atoms with E-state index in [0.29, 0.717) is 33.5 Å². The number of nitrogens with one attached hydrogen (secondary N) is 1. The highest BCUT2D eigenvalue weighted by Crippen LogP contribution is 2.38. The highest BCUT2D eigenvalue weighted by Gasteiger charge is 2.26. The van der Waals surface area contributed by atoms with Crippen LogP contribution in [0.2, 0.25) is 5.02 Å². The van der Waals surface area contributed by atoms with Crippen LogP contribution in [0.1, 0.15) is 36.6 Å². The minimum atomic E-state index is -3.72. The van der Waals surface area contributed by atoms with Crippen molar-refractivity contribution in [1.29, 1.82) is 0 Å². The Morgan fingerprint density at radius 2 is 1.81 bits per heavy atom. The van der Waals surface area contributed by atoms with E-state index in [0.717, 1.165) is 0 Å². The lowest BCUT2D eigenvalue weighted by Crippen LogP contribution is -2.23. The Balaban J connectivity index is 2.07. The maximum Gasteiger partial charge on any atom is 0.250 e. The molecule has 0 saturated carbocycles. The van der Waals surface area contributed by atoms with Crippen LogP contribution in [0.25, 0.3) is 11.1 Å². The maximum absolute atomic E-state index is 13.7.